The van der Waals surface area contributed by atoms with Crippen LogP contribution in [0.1, 0.15) is 39.1 Å². The topological polar surface area (TPSA) is 26.0 Å². The van der Waals surface area contributed by atoms with E-state index in [0.29, 0.717) is 5.92 Å². The molecular weight excluding hydrogens is 275 g/mol. The van der Waals surface area contributed by atoms with Gasteiger partial charge in [0, 0.05) is 38.8 Å². The third-order valence-corrected chi connectivity index (χ3v) is 2.06. The smallest absolute Gasteiger partial charge is 0.182 e. The van der Waals surface area contributed by atoms with Crippen LogP contribution in [0.3, 0.4) is 0 Å². The van der Waals surface area contributed by atoms with E-state index < -0.39 is 0 Å². The van der Waals surface area contributed by atoms with E-state index >= 15 is 0 Å². The fraction of sp³-hybridized carbons (Fsp3) is 0.385. The number of oxazole rings is 1. The maximum absolute atomic E-state index is 5.24. The van der Waals surface area contributed by atoms with Gasteiger partial charge in [-0.15, -0.1) is 5.73 Å². The fourth-order valence-electron chi connectivity index (χ4n) is 1.22. The van der Waals surface area contributed by atoms with Gasteiger partial charge in [0.1, 0.15) is 5.69 Å². The number of hydrogen-bond donors (Lipinski definition) is 0. The van der Waals surface area contributed by atoms with Crippen molar-refractivity contribution in [1.29, 1.82) is 0 Å². The first-order chi connectivity index (χ1) is 7.27. The molecule has 1 radical (unpaired) electrons. The zero-order valence-corrected chi connectivity index (χ0v) is 13.2. The first-order valence-corrected chi connectivity index (χ1v) is 5.35. The van der Waals surface area contributed by atoms with E-state index in [0.717, 1.165) is 11.5 Å². The van der Waals surface area contributed by atoms with E-state index in [1.54, 1.807) is 0 Å². The first-order valence-electron chi connectivity index (χ1n) is 5.35. The van der Waals surface area contributed by atoms with E-state index in [2.05, 4.69) is 24.6 Å². The minimum Gasteiger partial charge on any atom is -0.443 e. The van der Waals surface area contributed by atoms with Crippen molar-refractivity contribution in [2.75, 3.05) is 0 Å². The van der Waals surface area contributed by atoms with E-state index in [1.807, 2.05) is 32.1 Å². The van der Waals surface area contributed by atoms with Crippen LogP contribution in [-0.4, -0.2) is 4.98 Å². The van der Waals surface area contributed by atoms with Gasteiger partial charge in [0.05, 0.1) is 0 Å². The molecule has 1 aliphatic carbocycles. The molecule has 0 unspecified atom stereocenters. The van der Waals surface area contributed by atoms with Crippen molar-refractivity contribution in [2.24, 2.45) is 5.92 Å². The Bertz CT molecular complexity index is 409. The van der Waals surface area contributed by atoms with Gasteiger partial charge in [0.2, 0.25) is 0 Å². The molecule has 83 valence electrons. The number of rotatable bonds is 1. The van der Waals surface area contributed by atoms with Gasteiger partial charge < -0.3 is 4.42 Å². The third kappa shape index (κ3) is 3.86. The summed E-state index contributed by atoms with van der Waals surface area (Å²) < 4.78 is 5.24. The van der Waals surface area contributed by atoms with Gasteiger partial charge in [-0.25, -0.2) is 4.98 Å². The zero-order chi connectivity index (χ0) is 11.3. The summed E-state index contributed by atoms with van der Waals surface area (Å²) in [6.45, 7) is 8.29. The molecule has 0 bridgehead atoms. The molecule has 3 heteroatoms. The Morgan fingerprint density at radius 2 is 1.94 bits per heavy atom. The molecule has 1 aromatic heterocycles. The molecule has 0 N–H and O–H groups in total. The summed E-state index contributed by atoms with van der Waals surface area (Å²) in [7, 11) is 0. The summed E-state index contributed by atoms with van der Waals surface area (Å²) in [5.41, 5.74) is 5.15. The molecule has 0 spiro atoms. The number of hydrogen-bond acceptors (Lipinski definition) is 2. The first kappa shape index (κ1) is 15.6. The average molecular weight is 292 g/mol. The minimum absolute atomic E-state index is 0. The van der Waals surface area contributed by atoms with Crippen LogP contribution >= 0.6 is 0 Å². The molecule has 0 fully saturated rings. The quantitative estimate of drug-likeness (QED) is 0.733. The largest absolute Gasteiger partial charge is 0.443 e. The molecule has 16 heavy (non-hydrogen) atoms. The molecule has 2 rings (SSSR count). The van der Waals surface area contributed by atoms with Crippen molar-refractivity contribution in [2.45, 2.75) is 27.7 Å². The molecule has 2 nitrogen and oxygen atoms in total. The van der Waals surface area contributed by atoms with E-state index in [9.17, 15) is 0 Å². The Morgan fingerprint density at radius 1 is 1.25 bits per heavy atom. The standard InChI is InChI=1S/C11H11NO.C2H6.Y/c1-8(2)9-4-3-5-10-11(6-9)13-7-12-10;1-2;/h4-8H,1-2H3;1-2H3;. The fourth-order valence-corrected chi connectivity index (χ4v) is 1.22. The summed E-state index contributed by atoms with van der Waals surface area (Å²) in [5.74, 6) is 1.31. The Labute approximate surface area is 122 Å². The van der Waals surface area contributed by atoms with Crippen LogP contribution < -0.4 is 0 Å². The van der Waals surface area contributed by atoms with Crippen molar-refractivity contribution in [1.82, 2.24) is 4.98 Å². The van der Waals surface area contributed by atoms with Crippen molar-refractivity contribution in [3.63, 3.8) is 0 Å². The van der Waals surface area contributed by atoms with Crippen molar-refractivity contribution >= 4 is 12.2 Å². The summed E-state index contributed by atoms with van der Waals surface area (Å²) in [6.07, 6.45) is 7.29. The van der Waals surface area contributed by atoms with Gasteiger partial charge >= 0.3 is 0 Å². The molecule has 0 atom stereocenters. The van der Waals surface area contributed by atoms with Crippen LogP contribution in [0.4, 0.5) is 0 Å². The SMILES string of the molecule is CC.CC(C)C1=Cc2ocnc2C=C=C1.[Y]. The van der Waals surface area contributed by atoms with Crippen molar-refractivity contribution in [3.8, 4) is 0 Å². The van der Waals surface area contributed by atoms with Crippen LogP contribution in [0.25, 0.3) is 12.2 Å². The van der Waals surface area contributed by atoms with Crippen LogP contribution in [-0.2, 0) is 32.7 Å². The molecule has 0 amide bonds. The van der Waals surface area contributed by atoms with E-state index in [4.69, 9.17) is 4.42 Å². The van der Waals surface area contributed by atoms with E-state index in [1.165, 1.54) is 12.0 Å². The molecule has 1 aromatic rings. The van der Waals surface area contributed by atoms with Gasteiger partial charge in [-0.2, -0.15) is 0 Å². The summed E-state index contributed by atoms with van der Waals surface area (Å²) in [6, 6.07) is 0. The molecule has 0 saturated carbocycles. The van der Waals surface area contributed by atoms with Crippen LogP contribution in [0.5, 0.6) is 0 Å². The van der Waals surface area contributed by atoms with Crippen LogP contribution in [0.2, 0.25) is 0 Å². The maximum Gasteiger partial charge on any atom is 0.182 e. The Balaban J connectivity index is 0.000000711. The van der Waals surface area contributed by atoms with Gasteiger partial charge in [-0.1, -0.05) is 27.7 Å². The van der Waals surface area contributed by atoms with Crippen molar-refractivity contribution < 1.29 is 37.1 Å². The number of fused-ring (bicyclic) bond motifs is 1. The minimum atomic E-state index is 0. The Hall–Kier alpha value is -0.426. The van der Waals surface area contributed by atoms with Gasteiger partial charge in [0.15, 0.2) is 12.2 Å². The Kier molecular flexibility index (Phi) is 7.58. The molecule has 0 aliphatic heterocycles. The predicted molar refractivity (Wildman–Crippen MR) is 63.2 cm³/mol. The van der Waals surface area contributed by atoms with E-state index in [-0.39, 0.29) is 32.7 Å². The second-order valence-corrected chi connectivity index (χ2v) is 3.36. The predicted octanol–water partition coefficient (Wildman–Crippen LogP) is 3.92. The number of allylic oxidation sites excluding steroid dienone is 2. The molecule has 0 saturated heterocycles. The van der Waals surface area contributed by atoms with Crippen LogP contribution in [0.15, 0.2) is 28.2 Å². The zero-order valence-electron chi connectivity index (χ0n) is 10.3. The molecule has 1 aliphatic rings. The van der Waals surface area contributed by atoms with Crippen LogP contribution in [0, 0.1) is 5.92 Å². The molecule has 1 heterocycles. The number of nitrogens with zero attached hydrogens (tertiary/aromatic N) is 1. The van der Waals surface area contributed by atoms with Gasteiger partial charge in [0.25, 0.3) is 0 Å². The van der Waals surface area contributed by atoms with Crippen molar-refractivity contribution in [3.05, 3.63) is 35.2 Å². The summed E-state index contributed by atoms with van der Waals surface area (Å²) in [5, 5.41) is 0. The van der Waals surface area contributed by atoms with Gasteiger partial charge in [-0.3, -0.25) is 0 Å². The maximum atomic E-state index is 5.24. The number of aromatic nitrogens is 1. The summed E-state index contributed by atoms with van der Waals surface area (Å²) in [4.78, 5) is 4.06. The molecular formula is C13H17NOY. The Morgan fingerprint density at radius 3 is 2.56 bits per heavy atom. The van der Waals surface area contributed by atoms with Gasteiger partial charge in [-0.05, 0) is 23.6 Å². The third-order valence-electron chi connectivity index (χ3n) is 2.06. The average Bonchev–Trinajstić information content (AvgIpc) is 2.58. The second-order valence-electron chi connectivity index (χ2n) is 3.36. The second kappa shape index (κ2) is 7.78. The monoisotopic (exact) mass is 292 g/mol. The molecule has 0 aromatic carbocycles. The summed E-state index contributed by atoms with van der Waals surface area (Å²) >= 11 is 0. The normalized spacial score (nSPS) is 11.9.